The quantitative estimate of drug-likeness (QED) is 0.675. The van der Waals surface area contributed by atoms with Crippen LogP contribution in [0.25, 0.3) is 0 Å². The Morgan fingerprint density at radius 1 is 1.37 bits per heavy atom. The summed E-state index contributed by atoms with van der Waals surface area (Å²) in [5.41, 5.74) is -0.469. The zero-order chi connectivity index (χ0) is 14.5. The fourth-order valence-electron chi connectivity index (χ4n) is 2.36. The Morgan fingerprint density at radius 2 is 1.95 bits per heavy atom. The molecule has 0 spiro atoms. The number of nitrogens with zero attached hydrogens (tertiary/aromatic N) is 1. The van der Waals surface area contributed by atoms with E-state index in [1.165, 1.54) is 6.26 Å². The fraction of sp³-hybridized carbons (Fsp3) is 0.846. The van der Waals surface area contributed by atoms with Gasteiger partial charge >= 0.3 is 0 Å². The lowest BCUT2D eigenvalue weighted by Gasteiger charge is -2.34. The second kappa shape index (κ2) is 6.71. The van der Waals surface area contributed by atoms with Crippen molar-refractivity contribution in [2.24, 2.45) is 0 Å². The molecule has 110 valence electrons. The minimum atomic E-state index is -3.17. The zero-order valence-corrected chi connectivity index (χ0v) is 12.9. The first-order valence-corrected chi connectivity index (χ1v) is 8.49. The van der Waals surface area contributed by atoms with Crippen molar-refractivity contribution in [1.29, 1.82) is 0 Å². The highest BCUT2D eigenvalue weighted by Crippen LogP contribution is 2.11. The summed E-state index contributed by atoms with van der Waals surface area (Å²) in [6.07, 6.45) is 8.59. The number of hydrogen-bond acceptors (Lipinski definition) is 4. The Kier molecular flexibility index (Phi) is 5.81. The summed E-state index contributed by atoms with van der Waals surface area (Å²) >= 11 is 0. The molecule has 2 N–H and O–H groups in total. The standard InChI is InChI=1S/C13H25N3O2S/c1-5-8-16-9-6-12(7-10-16)14-11-13(2,3)15-19(4,17)18/h1,12,14-15H,6-11H2,2-4H3. The summed E-state index contributed by atoms with van der Waals surface area (Å²) in [4.78, 5) is 2.26. The average Bonchev–Trinajstić information content (AvgIpc) is 2.25. The first-order valence-electron chi connectivity index (χ1n) is 6.60. The van der Waals surface area contributed by atoms with E-state index in [1.807, 2.05) is 13.8 Å². The summed E-state index contributed by atoms with van der Waals surface area (Å²) in [5, 5.41) is 3.44. The van der Waals surface area contributed by atoms with Gasteiger partial charge in [0.15, 0.2) is 0 Å². The van der Waals surface area contributed by atoms with Crippen molar-refractivity contribution in [3.63, 3.8) is 0 Å². The number of nitrogens with one attached hydrogen (secondary N) is 2. The van der Waals surface area contributed by atoms with Gasteiger partial charge in [-0.15, -0.1) is 6.42 Å². The Morgan fingerprint density at radius 3 is 2.42 bits per heavy atom. The van der Waals surface area contributed by atoms with Gasteiger partial charge in [0.25, 0.3) is 0 Å². The van der Waals surface area contributed by atoms with Crippen LogP contribution in [0.15, 0.2) is 0 Å². The lowest BCUT2D eigenvalue weighted by molar-refractivity contribution is 0.212. The molecule has 0 aliphatic carbocycles. The van der Waals surface area contributed by atoms with Crippen LogP contribution >= 0.6 is 0 Å². The van der Waals surface area contributed by atoms with E-state index in [2.05, 4.69) is 20.9 Å². The predicted molar refractivity (Wildman–Crippen MR) is 78.4 cm³/mol. The number of terminal acetylenes is 1. The van der Waals surface area contributed by atoms with Crippen LogP contribution in [0, 0.1) is 12.3 Å². The molecule has 1 heterocycles. The van der Waals surface area contributed by atoms with Crippen molar-refractivity contribution in [3.8, 4) is 12.3 Å². The van der Waals surface area contributed by atoms with Crippen LogP contribution in [-0.4, -0.2) is 57.3 Å². The summed E-state index contributed by atoms with van der Waals surface area (Å²) in [5.74, 6) is 2.66. The predicted octanol–water partition coefficient (Wildman–Crippen LogP) is 0.00140. The molecule has 1 rings (SSSR count). The lowest BCUT2D eigenvalue weighted by Crippen LogP contribution is -2.53. The maximum absolute atomic E-state index is 11.2. The van der Waals surface area contributed by atoms with Crippen LogP contribution in [0.2, 0.25) is 0 Å². The molecule has 0 bridgehead atoms. The molecule has 0 aromatic heterocycles. The van der Waals surface area contributed by atoms with E-state index < -0.39 is 15.6 Å². The SMILES string of the molecule is C#CCN1CCC(NCC(C)(C)NS(C)(=O)=O)CC1. The normalized spacial score (nSPS) is 19.3. The van der Waals surface area contributed by atoms with Gasteiger partial charge < -0.3 is 5.32 Å². The molecule has 0 amide bonds. The van der Waals surface area contributed by atoms with Crippen LogP contribution in [-0.2, 0) is 10.0 Å². The van der Waals surface area contributed by atoms with Crippen LogP contribution in [0.1, 0.15) is 26.7 Å². The highest BCUT2D eigenvalue weighted by molar-refractivity contribution is 7.88. The summed E-state index contributed by atoms with van der Waals surface area (Å²) < 4.78 is 25.1. The smallest absolute Gasteiger partial charge is 0.209 e. The Labute approximate surface area is 117 Å². The van der Waals surface area contributed by atoms with Crippen molar-refractivity contribution >= 4 is 10.0 Å². The van der Waals surface area contributed by atoms with E-state index in [0.717, 1.165) is 25.9 Å². The van der Waals surface area contributed by atoms with E-state index in [-0.39, 0.29) is 0 Å². The fourth-order valence-corrected chi connectivity index (χ4v) is 3.44. The second-order valence-corrected chi connectivity index (χ2v) is 7.64. The highest BCUT2D eigenvalue weighted by Gasteiger charge is 2.24. The third-order valence-corrected chi connectivity index (χ3v) is 4.12. The Bertz CT molecular complexity index is 418. The molecule has 19 heavy (non-hydrogen) atoms. The van der Waals surface area contributed by atoms with Crippen molar-refractivity contribution in [2.45, 2.75) is 38.3 Å². The van der Waals surface area contributed by atoms with Gasteiger partial charge in [-0.3, -0.25) is 4.90 Å². The molecule has 1 fully saturated rings. The molecule has 1 saturated heterocycles. The molecule has 0 saturated carbocycles. The summed E-state index contributed by atoms with van der Waals surface area (Å²) in [6, 6.07) is 0.439. The average molecular weight is 287 g/mol. The van der Waals surface area contributed by atoms with Crippen LogP contribution in [0.5, 0.6) is 0 Å². The van der Waals surface area contributed by atoms with Crippen molar-refractivity contribution in [3.05, 3.63) is 0 Å². The van der Waals surface area contributed by atoms with Crippen molar-refractivity contribution in [1.82, 2.24) is 14.9 Å². The number of rotatable bonds is 6. The minimum absolute atomic E-state index is 0.439. The Hall–Kier alpha value is -0.610. The topological polar surface area (TPSA) is 61.4 Å². The molecule has 0 aromatic carbocycles. The molecule has 1 aliphatic rings. The molecular weight excluding hydrogens is 262 g/mol. The molecule has 1 aliphatic heterocycles. The molecule has 0 atom stereocenters. The minimum Gasteiger partial charge on any atom is -0.312 e. The van der Waals surface area contributed by atoms with Gasteiger partial charge in [-0.25, -0.2) is 13.1 Å². The van der Waals surface area contributed by atoms with Crippen molar-refractivity contribution < 1.29 is 8.42 Å². The molecule has 0 unspecified atom stereocenters. The summed E-state index contributed by atoms with van der Waals surface area (Å²) in [7, 11) is -3.17. The molecule has 0 aromatic rings. The van der Waals surface area contributed by atoms with E-state index >= 15 is 0 Å². The van der Waals surface area contributed by atoms with Gasteiger partial charge in [0, 0.05) is 31.2 Å². The third kappa shape index (κ3) is 6.92. The van der Waals surface area contributed by atoms with Crippen molar-refractivity contribution in [2.75, 3.05) is 32.4 Å². The van der Waals surface area contributed by atoms with Gasteiger partial charge in [-0.2, -0.15) is 0 Å². The van der Waals surface area contributed by atoms with Crippen LogP contribution < -0.4 is 10.0 Å². The first kappa shape index (κ1) is 16.4. The maximum Gasteiger partial charge on any atom is 0.209 e. The lowest BCUT2D eigenvalue weighted by atomic mass is 10.0. The first-order chi connectivity index (χ1) is 8.72. The van der Waals surface area contributed by atoms with Gasteiger partial charge in [-0.1, -0.05) is 5.92 Å². The van der Waals surface area contributed by atoms with Gasteiger partial charge in [0.2, 0.25) is 10.0 Å². The highest BCUT2D eigenvalue weighted by atomic mass is 32.2. The number of hydrogen-bond donors (Lipinski definition) is 2. The zero-order valence-electron chi connectivity index (χ0n) is 12.1. The van der Waals surface area contributed by atoms with Gasteiger partial charge in [0.05, 0.1) is 12.8 Å². The maximum atomic E-state index is 11.2. The molecule has 6 heteroatoms. The monoisotopic (exact) mass is 287 g/mol. The van der Waals surface area contributed by atoms with Crippen LogP contribution in [0.4, 0.5) is 0 Å². The second-order valence-electron chi connectivity index (χ2n) is 5.89. The number of piperidine rings is 1. The van der Waals surface area contributed by atoms with Gasteiger partial charge in [0.1, 0.15) is 0 Å². The molecule has 5 nitrogen and oxygen atoms in total. The summed E-state index contributed by atoms with van der Waals surface area (Å²) in [6.45, 7) is 7.11. The van der Waals surface area contributed by atoms with E-state index in [9.17, 15) is 8.42 Å². The third-order valence-electron chi connectivity index (χ3n) is 3.20. The Balaban J connectivity index is 2.32. The number of likely N-dealkylation sites (tertiary alicyclic amines) is 1. The van der Waals surface area contributed by atoms with Gasteiger partial charge in [-0.05, 0) is 26.7 Å². The molecule has 0 radical (unpaired) electrons. The van der Waals surface area contributed by atoms with E-state index in [0.29, 0.717) is 19.1 Å². The van der Waals surface area contributed by atoms with E-state index in [1.54, 1.807) is 0 Å². The number of sulfonamides is 1. The van der Waals surface area contributed by atoms with Crippen LogP contribution in [0.3, 0.4) is 0 Å². The van der Waals surface area contributed by atoms with E-state index in [4.69, 9.17) is 6.42 Å². The molecular formula is C13H25N3O2S. The largest absolute Gasteiger partial charge is 0.312 e.